The van der Waals surface area contributed by atoms with Gasteiger partial charge in [-0.15, -0.1) is 0 Å². The maximum absolute atomic E-state index is 6.13. The Morgan fingerprint density at radius 1 is 0.958 bits per heavy atom. The summed E-state index contributed by atoms with van der Waals surface area (Å²) in [5.41, 5.74) is 3.04. The molecule has 0 saturated carbocycles. The first-order valence-electron chi connectivity index (χ1n) is 7.75. The van der Waals surface area contributed by atoms with Gasteiger partial charge in [0.05, 0.1) is 0 Å². The van der Waals surface area contributed by atoms with Gasteiger partial charge in [-0.25, -0.2) is 9.97 Å². The van der Waals surface area contributed by atoms with E-state index in [9.17, 15) is 0 Å². The van der Waals surface area contributed by atoms with Crippen molar-refractivity contribution in [2.45, 2.75) is 26.2 Å². The van der Waals surface area contributed by atoms with Crippen molar-refractivity contribution in [1.29, 1.82) is 0 Å². The number of nitrogens with one attached hydrogen (secondary N) is 1. The Bertz CT molecular complexity index is 824. The second kappa shape index (κ2) is 6.57. The summed E-state index contributed by atoms with van der Waals surface area (Å²) in [5.74, 6) is 1.14. The number of anilines is 2. The Morgan fingerprint density at radius 2 is 1.71 bits per heavy atom. The van der Waals surface area contributed by atoms with E-state index in [1.54, 1.807) is 12.3 Å². The van der Waals surface area contributed by atoms with E-state index >= 15 is 0 Å². The molecule has 0 atom stereocenters. The van der Waals surface area contributed by atoms with Crippen LogP contribution in [0, 0.1) is 0 Å². The first-order valence-corrected chi connectivity index (χ1v) is 8.13. The summed E-state index contributed by atoms with van der Waals surface area (Å²) in [7, 11) is 0. The summed E-state index contributed by atoms with van der Waals surface area (Å²) < 4.78 is 0. The number of halogens is 1. The predicted octanol–water partition coefficient (Wildman–Crippen LogP) is 5.23. The smallest absolute Gasteiger partial charge is 0.181 e. The highest BCUT2D eigenvalue weighted by Crippen LogP contribution is 2.25. The Morgan fingerprint density at radius 3 is 2.33 bits per heavy atom. The number of pyridine rings is 1. The average Bonchev–Trinajstić information content (AvgIpc) is 2.55. The predicted molar refractivity (Wildman–Crippen MR) is 98.7 cm³/mol. The number of aromatic nitrogens is 3. The molecule has 0 unspecified atom stereocenters. The summed E-state index contributed by atoms with van der Waals surface area (Å²) in [6.07, 6.45) is 1.71. The molecule has 0 fully saturated rings. The minimum Gasteiger partial charge on any atom is -0.340 e. The van der Waals surface area contributed by atoms with Gasteiger partial charge in [0.2, 0.25) is 0 Å². The fourth-order valence-corrected chi connectivity index (χ4v) is 2.48. The number of nitrogens with zero attached hydrogens (tertiary/aromatic N) is 3. The molecule has 0 amide bonds. The lowest BCUT2D eigenvalue weighted by molar-refractivity contribution is 0.590. The minimum absolute atomic E-state index is 0.128. The topological polar surface area (TPSA) is 50.7 Å². The lowest BCUT2D eigenvalue weighted by Crippen LogP contribution is -2.10. The highest BCUT2D eigenvalue weighted by molar-refractivity contribution is 6.29. The molecule has 4 nitrogen and oxygen atoms in total. The third-order valence-electron chi connectivity index (χ3n) is 3.61. The average molecular weight is 339 g/mol. The van der Waals surface area contributed by atoms with Gasteiger partial charge in [-0.3, -0.25) is 4.98 Å². The second-order valence-corrected chi connectivity index (χ2v) is 6.95. The number of benzene rings is 1. The Balaban J connectivity index is 1.87. The number of hydrogen-bond donors (Lipinski definition) is 1. The van der Waals surface area contributed by atoms with Gasteiger partial charge in [0, 0.05) is 18.0 Å². The zero-order valence-corrected chi connectivity index (χ0v) is 14.7. The largest absolute Gasteiger partial charge is 0.340 e. The molecule has 0 radical (unpaired) electrons. The Hall–Kier alpha value is -2.46. The molecule has 0 aliphatic heterocycles. The molecule has 1 N–H and O–H groups in total. The van der Waals surface area contributed by atoms with Crippen LogP contribution in [0.5, 0.6) is 0 Å². The van der Waals surface area contributed by atoms with E-state index in [1.807, 2.05) is 30.3 Å². The fraction of sp³-hybridized carbons (Fsp3) is 0.211. The van der Waals surface area contributed by atoms with Crippen LogP contribution in [0.4, 0.5) is 11.5 Å². The number of hydrogen-bond acceptors (Lipinski definition) is 4. The van der Waals surface area contributed by atoms with Gasteiger partial charge in [0.15, 0.2) is 5.82 Å². The molecule has 1 aromatic carbocycles. The molecule has 0 aliphatic rings. The lowest BCUT2D eigenvalue weighted by Gasteiger charge is -2.19. The third kappa shape index (κ3) is 3.89. The quantitative estimate of drug-likeness (QED) is 0.664. The zero-order valence-electron chi connectivity index (χ0n) is 13.9. The van der Waals surface area contributed by atoms with Gasteiger partial charge in [0.1, 0.15) is 16.7 Å². The van der Waals surface area contributed by atoms with Crippen molar-refractivity contribution >= 4 is 23.1 Å². The van der Waals surface area contributed by atoms with Crippen LogP contribution < -0.4 is 5.32 Å². The van der Waals surface area contributed by atoms with Crippen LogP contribution in [0.1, 0.15) is 26.3 Å². The molecule has 0 spiro atoms. The first kappa shape index (κ1) is 16.4. The van der Waals surface area contributed by atoms with E-state index in [4.69, 9.17) is 11.6 Å². The van der Waals surface area contributed by atoms with Crippen LogP contribution in [-0.2, 0) is 5.41 Å². The highest BCUT2D eigenvalue weighted by atomic mass is 35.5. The van der Waals surface area contributed by atoms with Crippen molar-refractivity contribution in [1.82, 2.24) is 15.0 Å². The zero-order chi connectivity index (χ0) is 17.2. The summed E-state index contributed by atoms with van der Waals surface area (Å²) >= 11 is 6.13. The van der Waals surface area contributed by atoms with Crippen LogP contribution in [0.15, 0.2) is 54.7 Å². The van der Waals surface area contributed by atoms with E-state index in [-0.39, 0.29) is 5.41 Å². The summed E-state index contributed by atoms with van der Waals surface area (Å²) in [5, 5.41) is 3.64. The molecule has 0 bridgehead atoms. The molecule has 0 saturated heterocycles. The molecule has 0 aliphatic carbocycles. The summed E-state index contributed by atoms with van der Waals surface area (Å²) in [6, 6.07) is 15.6. The standard InChI is InChI=1S/C19H19ClN4/c1-19(2,3)13-7-9-14(10-8-13)22-17-12-16(20)23-18(24-17)15-6-4-5-11-21-15/h4-12H,1-3H3,(H,22,23,24). The number of rotatable bonds is 3. The van der Waals surface area contributed by atoms with E-state index < -0.39 is 0 Å². The molecular formula is C19H19ClN4. The van der Waals surface area contributed by atoms with Crippen LogP contribution in [0.25, 0.3) is 11.5 Å². The Kier molecular flexibility index (Phi) is 4.49. The molecular weight excluding hydrogens is 320 g/mol. The van der Waals surface area contributed by atoms with Gasteiger partial charge < -0.3 is 5.32 Å². The highest BCUT2D eigenvalue weighted by Gasteiger charge is 2.13. The van der Waals surface area contributed by atoms with Crippen molar-refractivity contribution in [2.75, 3.05) is 5.32 Å². The van der Waals surface area contributed by atoms with Gasteiger partial charge >= 0.3 is 0 Å². The molecule has 122 valence electrons. The molecule has 3 aromatic rings. The van der Waals surface area contributed by atoms with Crippen LogP contribution in [0.2, 0.25) is 5.15 Å². The van der Waals surface area contributed by atoms with Crippen LogP contribution in [-0.4, -0.2) is 15.0 Å². The summed E-state index contributed by atoms with van der Waals surface area (Å²) in [6.45, 7) is 6.58. The molecule has 2 aromatic heterocycles. The molecule has 3 rings (SSSR count). The van der Waals surface area contributed by atoms with Crippen molar-refractivity contribution in [3.05, 3.63) is 65.4 Å². The van der Waals surface area contributed by atoms with E-state index in [0.717, 1.165) is 5.69 Å². The van der Waals surface area contributed by atoms with E-state index in [2.05, 4.69) is 53.2 Å². The maximum Gasteiger partial charge on any atom is 0.181 e. The molecule has 5 heteroatoms. The van der Waals surface area contributed by atoms with Crippen LogP contribution in [0.3, 0.4) is 0 Å². The van der Waals surface area contributed by atoms with E-state index in [0.29, 0.717) is 22.5 Å². The van der Waals surface area contributed by atoms with Gasteiger partial charge in [-0.1, -0.05) is 50.6 Å². The van der Waals surface area contributed by atoms with Gasteiger partial charge in [0.25, 0.3) is 0 Å². The normalized spacial score (nSPS) is 11.3. The van der Waals surface area contributed by atoms with Crippen molar-refractivity contribution in [3.63, 3.8) is 0 Å². The maximum atomic E-state index is 6.13. The fourth-order valence-electron chi connectivity index (χ4n) is 2.29. The van der Waals surface area contributed by atoms with Gasteiger partial charge in [-0.05, 0) is 35.2 Å². The van der Waals surface area contributed by atoms with E-state index in [1.165, 1.54) is 5.56 Å². The Labute approximate surface area is 147 Å². The second-order valence-electron chi connectivity index (χ2n) is 6.57. The van der Waals surface area contributed by atoms with Crippen LogP contribution >= 0.6 is 11.6 Å². The lowest BCUT2D eigenvalue weighted by atomic mass is 9.87. The molecule has 24 heavy (non-hydrogen) atoms. The molecule has 2 heterocycles. The SMILES string of the molecule is CC(C)(C)c1ccc(Nc2cc(Cl)nc(-c3ccccn3)n2)cc1. The first-order chi connectivity index (χ1) is 11.4. The monoisotopic (exact) mass is 338 g/mol. The van der Waals surface area contributed by atoms with Gasteiger partial charge in [-0.2, -0.15) is 0 Å². The summed E-state index contributed by atoms with van der Waals surface area (Å²) in [4.78, 5) is 13.0. The third-order valence-corrected chi connectivity index (χ3v) is 3.81. The van der Waals surface area contributed by atoms with Crippen molar-refractivity contribution in [2.24, 2.45) is 0 Å². The van der Waals surface area contributed by atoms with Crippen molar-refractivity contribution in [3.8, 4) is 11.5 Å². The minimum atomic E-state index is 0.128. The van der Waals surface area contributed by atoms with Crippen molar-refractivity contribution < 1.29 is 0 Å².